The molecule has 108 valence electrons. The maximum atomic E-state index is 12.3. The van der Waals surface area contributed by atoms with E-state index in [0.717, 1.165) is 18.4 Å². The third kappa shape index (κ3) is 3.90. The van der Waals surface area contributed by atoms with Crippen molar-refractivity contribution in [2.45, 2.75) is 38.6 Å². The summed E-state index contributed by atoms with van der Waals surface area (Å²) in [4.78, 5) is 25.5. The molecule has 0 radical (unpaired) electrons. The van der Waals surface area contributed by atoms with Gasteiger partial charge in [0.2, 0.25) is 5.91 Å². The molecule has 0 aromatic heterocycles. The van der Waals surface area contributed by atoms with E-state index in [2.05, 4.69) is 0 Å². The Morgan fingerprint density at radius 2 is 1.75 bits per heavy atom. The summed E-state index contributed by atoms with van der Waals surface area (Å²) in [7, 11) is 0. The molecule has 0 saturated heterocycles. The molecule has 0 unspecified atom stereocenters. The second-order valence-electron chi connectivity index (χ2n) is 5.60. The van der Waals surface area contributed by atoms with Crippen molar-refractivity contribution < 1.29 is 9.59 Å². The standard InChI is InChI=1S/C16H22N2O2/c1-12-6-8-13(9-7-12)15(19)10-18(11-16(17)20)14-4-2-3-5-14/h6-9,14H,2-5,10-11H2,1H3,(H2,17,20). The summed E-state index contributed by atoms with van der Waals surface area (Å²) in [5.74, 6) is -0.313. The van der Waals surface area contributed by atoms with Gasteiger partial charge in [0.25, 0.3) is 0 Å². The van der Waals surface area contributed by atoms with E-state index in [1.807, 2.05) is 36.1 Å². The van der Waals surface area contributed by atoms with Gasteiger partial charge in [0, 0.05) is 11.6 Å². The van der Waals surface area contributed by atoms with Crippen molar-refractivity contribution >= 4 is 11.7 Å². The van der Waals surface area contributed by atoms with E-state index in [4.69, 9.17) is 5.73 Å². The Balaban J connectivity index is 2.04. The number of primary amides is 1. The molecule has 4 heteroatoms. The molecular weight excluding hydrogens is 252 g/mol. The number of rotatable bonds is 6. The molecule has 0 heterocycles. The van der Waals surface area contributed by atoms with E-state index < -0.39 is 0 Å². The summed E-state index contributed by atoms with van der Waals surface area (Å²) in [6, 6.07) is 7.86. The first-order valence-corrected chi connectivity index (χ1v) is 7.18. The smallest absolute Gasteiger partial charge is 0.231 e. The van der Waals surface area contributed by atoms with Crippen LogP contribution in [0, 0.1) is 6.92 Å². The molecule has 0 spiro atoms. The fourth-order valence-electron chi connectivity index (χ4n) is 2.80. The molecule has 2 rings (SSSR count). The molecule has 1 aliphatic rings. The predicted molar refractivity (Wildman–Crippen MR) is 78.5 cm³/mol. The molecule has 1 aromatic carbocycles. The first-order chi connectivity index (χ1) is 9.56. The summed E-state index contributed by atoms with van der Waals surface area (Å²) in [5.41, 5.74) is 7.13. The number of carbonyl (C=O) groups excluding carboxylic acids is 2. The van der Waals surface area contributed by atoms with Crippen molar-refractivity contribution in [3.8, 4) is 0 Å². The molecule has 4 nitrogen and oxygen atoms in total. The third-order valence-electron chi connectivity index (χ3n) is 3.92. The number of carbonyl (C=O) groups is 2. The van der Waals surface area contributed by atoms with Crippen LogP contribution in [0.4, 0.5) is 0 Å². The molecule has 1 saturated carbocycles. The van der Waals surface area contributed by atoms with Crippen molar-refractivity contribution in [3.05, 3.63) is 35.4 Å². The average Bonchev–Trinajstić information content (AvgIpc) is 2.92. The van der Waals surface area contributed by atoms with Crippen LogP contribution < -0.4 is 5.73 Å². The Labute approximate surface area is 119 Å². The minimum absolute atomic E-state index is 0.0538. The summed E-state index contributed by atoms with van der Waals surface area (Å²) in [5, 5.41) is 0. The Hall–Kier alpha value is -1.68. The van der Waals surface area contributed by atoms with Gasteiger partial charge in [-0.15, -0.1) is 0 Å². The van der Waals surface area contributed by atoms with Gasteiger partial charge in [-0.1, -0.05) is 42.7 Å². The van der Waals surface area contributed by atoms with E-state index >= 15 is 0 Å². The molecule has 0 atom stereocenters. The predicted octanol–water partition coefficient (Wildman–Crippen LogP) is 1.91. The van der Waals surface area contributed by atoms with Crippen LogP contribution in [0.5, 0.6) is 0 Å². The van der Waals surface area contributed by atoms with Crippen molar-refractivity contribution in [2.75, 3.05) is 13.1 Å². The topological polar surface area (TPSA) is 63.4 Å². The van der Waals surface area contributed by atoms with Gasteiger partial charge in [-0.25, -0.2) is 0 Å². The van der Waals surface area contributed by atoms with E-state index in [0.29, 0.717) is 11.6 Å². The fraction of sp³-hybridized carbons (Fsp3) is 0.500. The lowest BCUT2D eigenvalue weighted by molar-refractivity contribution is -0.119. The van der Waals surface area contributed by atoms with Gasteiger partial charge in [-0.05, 0) is 19.8 Å². The van der Waals surface area contributed by atoms with E-state index in [1.165, 1.54) is 12.8 Å². The molecule has 1 fully saturated rings. The van der Waals surface area contributed by atoms with E-state index in [9.17, 15) is 9.59 Å². The number of hydrogen-bond donors (Lipinski definition) is 1. The number of Topliss-reactive ketones (excluding diaryl/α,β-unsaturated/α-hetero) is 1. The highest BCUT2D eigenvalue weighted by atomic mass is 16.1. The minimum Gasteiger partial charge on any atom is -0.369 e. The number of nitrogens with two attached hydrogens (primary N) is 1. The average molecular weight is 274 g/mol. The number of ketones is 1. The number of nitrogens with zero attached hydrogens (tertiary/aromatic N) is 1. The van der Waals surface area contributed by atoms with E-state index in [-0.39, 0.29) is 24.8 Å². The molecule has 0 bridgehead atoms. The first kappa shape index (κ1) is 14.7. The van der Waals surface area contributed by atoms with Crippen LogP contribution in [0.15, 0.2) is 24.3 Å². The van der Waals surface area contributed by atoms with Gasteiger partial charge in [0.15, 0.2) is 5.78 Å². The number of hydrogen-bond acceptors (Lipinski definition) is 3. The third-order valence-corrected chi connectivity index (χ3v) is 3.92. The van der Waals surface area contributed by atoms with Gasteiger partial charge in [0.05, 0.1) is 13.1 Å². The largest absolute Gasteiger partial charge is 0.369 e. The van der Waals surface area contributed by atoms with Crippen LogP contribution >= 0.6 is 0 Å². The van der Waals surface area contributed by atoms with Crippen LogP contribution in [0.1, 0.15) is 41.6 Å². The lowest BCUT2D eigenvalue weighted by Crippen LogP contribution is -2.43. The number of amides is 1. The minimum atomic E-state index is -0.367. The maximum Gasteiger partial charge on any atom is 0.231 e. The van der Waals surface area contributed by atoms with Gasteiger partial charge in [-0.3, -0.25) is 14.5 Å². The van der Waals surface area contributed by atoms with Crippen molar-refractivity contribution in [3.63, 3.8) is 0 Å². The van der Waals surface area contributed by atoms with Crippen molar-refractivity contribution in [1.29, 1.82) is 0 Å². The Morgan fingerprint density at radius 1 is 1.15 bits per heavy atom. The summed E-state index contributed by atoms with van der Waals surface area (Å²) < 4.78 is 0. The monoisotopic (exact) mass is 274 g/mol. The van der Waals surface area contributed by atoms with Gasteiger partial charge < -0.3 is 5.73 Å². The molecular formula is C16H22N2O2. The van der Waals surface area contributed by atoms with Gasteiger partial charge in [0.1, 0.15) is 0 Å². The van der Waals surface area contributed by atoms with E-state index in [1.54, 1.807) is 0 Å². The normalized spacial score (nSPS) is 15.7. The van der Waals surface area contributed by atoms with Crippen LogP contribution in [0.25, 0.3) is 0 Å². The second kappa shape index (κ2) is 6.66. The lowest BCUT2D eigenvalue weighted by Gasteiger charge is -2.26. The zero-order valence-electron chi connectivity index (χ0n) is 12.0. The molecule has 0 aliphatic heterocycles. The molecule has 1 amide bonds. The summed E-state index contributed by atoms with van der Waals surface area (Å²) in [6.07, 6.45) is 4.43. The zero-order valence-corrected chi connectivity index (χ0v) is 12.0. The summed E-state index contributed by atoms with van der Waals surface area (Å²) in [6.45, 7) is 2.44. The highest BCUT2D eigenvalue weighted by molar-refractivity contribution is 5.97. The Morgan fingerprint density at radius 3 is 2.30 bits per heavy atom. The molecule has 1 aliphatic carbocycles. The molecule has 20 heavy (non-hydrogen) atoms. The first-order valence-electron chi connectivity index (χ1n) is 7.18. The highest BCUT2D eigenvalue weighted by Crippen LogP contribution is 2.23. The van der Waals surface area contributed by atoms with Gasteiger partial charge >= 0.3 is 0 Å². The van der Waals surface area contributed by atoms with Crippen LogP contribution in [-0.2, 0) is 4.79 Å². The van der Waals surface area contributed by atoms with Gasteiger partial charge in [-0.2, -0.15) is 0 Å². The highest BCUT2D eigenvalue weighted by Gasteiger charge is 2.25. The Bertz CT molecular complexity index is 476. The maximum absolute atomic E-state index is 12.3. The Kier molecular flexibility index (Phi) is 4.90. The van der Waals surface area contributed by atoms with Crippen LogP contribution in [-0.4, -0.2) is 35.7 Å². The van der Waals surface area contributed by atoms with Crippen molar-refractivity contribution in [2.24, 2.45) is 5.73 Å². The SMILES string of the molecule is Cc1ccc(C(=O)CN(CC(N)=O)C2CCCC2)cc1. The van der Waals surface area contributed by atoms with Crippen LogP contribution in [0.2, 0.25) is 0 Å². The second-order valence-corrected chi connectivity index (χ2v) is 5.60. The quantitative estimate of drug-likeness (QED) is 0.806. The fourth-order valence-corrected chi connectivity index (χ4v) is 2.80. The zero-order chi connectivity index (χ0) is 14.5. The lowest BCUT2D eigenvalue weighted by atomic mass is 10.1. The molecule has 1 aromatic rings. The number of aryl methyl sites for hydroxylation is 1. The van der Waals surface area contributed by atoms with Crippen LogP contribution in [0.3, 0.4) is 0 Å². The number of benzene rings is 1. The summed E-state index contributed by atoms with van der Waals surface area (Å²) >= 11 is 0. The molecule has 2 N–H and O–H groups in total. The van der Waals surface area contributed by atoms with Crippen molar-refractivity contribution in [1.82, 2.24) is 4.90 Å².